The second-order valence-electron chi connectivity index (χ2n) is 2.95. The molecule has 0 aliphatic heterocycles. The molecule has 2 rings (SSSR count). The zero-order chi connectivity index (χ0) is 10.3. The van der Waals surface area contributed by atoms with Crippen molar-refractivity contribution in [3.05, 3.63) is 27.6 Å². The molecule has 0 unspecified atom stereocenters. The largest absolute Gasteiger partial charge is 0.464 e. The second-order valence-corrected chi connectivity index (χ2v) is 4.12. The maximum atomic E-state index is 10.9. The number of aromatic nitrogens is 2. The van der Waals surface area contributed by atoms with Crippen LogP contribution in [0.5, 0.6) is 0 Å². The molecular formula is C9H7IN2O2. The Balaban J connectivity index is 2.85. The van der Waals surface area contributed by atoms with E-state index in [1.807, 2.05) is 19.1 Å². The molecule has 1 N–H and O–H groups in total. The smallest absolute Gasteiger partial charge is 0.417 e. The van der Waals surface area contributed by atoms with Crippen LogP contribution in [0.3, 0.4) is 0 Å². The number of carboxylic acid groups (broad SMARTS) is 1. The van der Waals surface area contributed by atoms with Gasteiger partial charge in [0.1, 0.15) is 0 Å². The minimum absolute atomic E-state index is 0.502. The van der Waals surface area contributed by atoms with Gasteiger partial charge in [0.25, 0.3) is 0 Å². The lowest BCUT2D eigenvalue weighted by Gasteiger charge is -1.97. The maximum absolute atomic E-state index is 10.9. The summed E-state index contributed by atoms with van der Waals surface area (Å²) >= 11 is 2.10. The van der Waals surface area contributed by atoms with E-state index in [-0.39, 0.29) is 0 Å². The lowest BCUT2D eigenvalue weighted by Crippen LogP contribution is -2.06. The molecule has 0 saturated heterocycles. The standard InChI is InChI=1S/C9H7IN2O2/c1-5-2-3-6-7(10)4-12(9(13)14)8(6)11-5/h2-4H,1H3,(H,13,14). The van der Waals surface area contributed by atoms with Crippen molar-refractivity contribution in [3.63, 3.8) is 0 Å². The Morgan fingerprint density at radius 2 is 2.29 bits per heavy atom. The molecule has 0 bridgehead atoms. The molecular weight excluding hydrogens is 295 g/mol. The Bertz CT molecular complexity index is 519. The van der Waals surface area contributed by atoms with Crippen molar-refractivity contribution in [2.45, 2.75) is 6.92 Å². The van der Waals surface area contributed by atoms with Gasteiger partial charge in [0.2, 0.25) is 0 Å². The minimum atomic E-state index is -1.00. The van der Waals surface area contributed by atoms with E-state index in [9.17, 15) is 4.79 Å². The Labute approximate surface area is 93.7 Å². The van der Waals surface area contributed by atoms with Crippen LogP contribution in [0.1, 0.15) is 5.69 Å². The monoisotopic (exact) mass is 302 g/mol. The maximum Gasteiger partial charge on any atom is 0.417 e. The van der Waals surface area contributed by atoms with Gasteiger partial charge in [0.15, 0.2) is 5.65 Å². The predicted octanol–water partition coefficient (Wildman–Crippen LogP) is 2.48. The van der Waals surface area contributed by atoms with Crippen LogP contribution in [-0.2, 0) is 0 Å². The summed E-state index contributed by atoms with van der Waals surface area (Å²) in [5.74, 6) is 0. The average Bonchev–Trinajstić information content (AvgIpc) is 2.43. The number of rotatable bonds is 0. The summed E-state index contributed by atoms with van der Waals surface area (Å²) < 4.78 is 2.04. The topological polar surface area (TPSA) is 55.1 Å². The van der Waals surface area contributed by atoms with Crippen molar-refractivity contribution >= 4 is 39.7 Å². The van der Waals surface area contributed by atoms with Crippen LogP contribution in [0.2, 0.25) is 0 Å². The van der Waals surface area contributed by atoms with Crippen LogP contribution < -0.4 is 0 Å². The number of hydrogen-bond acceptors (Lipinski definition) is 2. The molecule has 0 atom stereocenters. The molecule has 14 heavy (non-hydrogen) atoms. The van der Waals surface area contributed by atoms with Gasteiger partial charge < -0.3 is 5.11 Å². The number of carbonyl (C=O) groups is 1. The van der Waals surface area contributed by atoms with Gasteiger partial charge in [-0.25, -0.2) is 14.3 Å². The molecule has 72 valence electrons. The van der Waals surface area contributed by atoms with Crippen LogP contribution in [0.25, 0.3) is 11.0 Å². The van der Waals surface area contributed by atoms with Gasteiger partial charge in [-0.15, -0.1) is 0 Å². The molecule has 0 aliphatic rings. The predicted molar refractivity (Wildman–Crippen MR) is 60.6 cm³/mol. The number of hydrogen-bond donors (Lipinski definition) is 1. The second kappa shape index (κ2) is 3.23. The zero-order valence-corrected chi connectivity index (χ0v) is 9.52. The molecule has 2 aromatic heterocycles. The number of aryl methyl sites for hydroxylation is 1. The van der Waals surface area contributed by atoms with Crippen LogP contribution in [-0.4, -0.2) is 20.8 Å². The Hall–Kier alpha value is -1.11. The molecule has 0 spiro atoms. The van der Waals surface area contributed by atoms with Gasteiger partial charge in [-0.05, 0) is 41.6 Å². The molecule has 0 saturated carbocycles. The summed E-state index contributed by atoms with van der Waals surface area (Å²) in [7, 11) is 0. The van der Waals surface area contributed by atoms with Gasteiger partial charge in [0, 0.05) is 20.8 Å². The Morgan fingerprint density at radius 3 is 2.93 bits per heavy atom. The highest BCUT2D eigenvalue weighted by Gasteiger charge is 2.11. The highest BCUT2D eigenvalue weighted by molar-refractivity contribution is 14.1. The fourth-order valence-corrected chi connectivity index (χ4v) is 2.00. The fraction of sp³-hybridized carbons (Fsp3) is 0.111. The first kappa shape index (κ1) is 9.45. The molecule has 4 nitrogen and oxygen atoms in total. The normalized spacial score (nSPS) is 10.7. The van der Waals surface area contributed by atoms with Gasteiger partial charge in [0.05, 0.1) is 0 Å². The molecule has 0 amide bonds. The van der Waals surface area contributed by atoms with Crippen molar-refractivity contribution in [2.75, 3.05) is 0 Å². The fourth-order valence-electron chi connectivity index (χ4n) is 1.30. The SMILES string of the molecule is Cc1ccc2c(I)cn(C(=O)O)c2n1. The van der Waals surface area contributed by atoms with E-state index in [1.54, 1.807) is 6.20 Å². The third-order valence-corrected chi connectivity index (χ3v) is 2.81. The summed E-state index contributed by atoms with van der Waals surface area (Å²) in [5, 5.41) is 9.78. The van der Waals surface area contributed by atoms with Gasteiger partial charge in [-0.3, -0.25) is 0 Å². The van der Waals surface area contributed by atoms with E-state index in [1.165, 1.54) is 0 Å². The quantitative estimate of drug-likeness (QED) is 0.761. The highest BCUT2D eigenvalue weighted by Crippen LogP contribution is 2.21. The van der Waals surface area contributed by atoms with Gasteiger partial charge >= 0.3 is 6.09 Å². The van der Waals surface area contributed by atoms with E-state index in [4.69, 9.17) is 5.11 Å². The van der Waals surface area contributed by atoms with E-state index in [2.05, 4.69) is 27.6 Å². The molecule has 0 radical (unpaired) electrons. The Morgan fingerprint density at radius 1 is 1.57 bits per heavy atom. The van der Waals surface area contributed by atoms with Crippen LogP contribution in [0, 0.1) is 10.5 Å². The third kappa shape index (κ3) is 1.37. The van der Waals surface area contributed by atoms with Crippen molar-refractivity contribution in [1.82, 2.24) is 9.55 Å². The molecule has 0 fully saturated rings. The lowest BCUT2D eigenvalue weighted by atomic mass is 10.3. The van der Waals surface area contributed by atoms with Gasteiger partial charge in [-0.2, -0.15) is 0 Å². The first-order valence-electron chi connectivity index (χ1n) is 3.97. The van der Waals surface area contributed by atoms with Crippen molar-refractivity contribution in [1.29, 1.82) is 0 Å². The number of halogens is 1. The molecule has 0 aromatic carbocycles. The summed E-state index contributed by atoms with van der Waals surface area (Å²) in [6, 6.07) is 3.76. The lowest BCUT2D eigenvalue weighted by molar-refractivity contribution is 0.197. The Kier molecular flexibility index (Phi) is 2.18. The molecule has 2 heterocycles. The van der Waals surface area contributed by atoms with Crippen molar-refractivity contribution in [2.24, 2.45) is 0 Å². The zero-order valence-electron chi connectivity index (χ0n) is 7.36. The molecule has 0 aliphatic carbocycles. The average molecular weight is 302 g/mol. The van der Waals surface area contributed by atoms with E-state index in [0.29, 0.717) is 5.65 Å². The number of pyridine rings is 1. The van der Waals surface area contributed by atoms with E-state index in [0.717, 1.165) is 19.2 Å². The van der Waals surface area contributed by atoms with Crippen molar-refractivity contribution in [3.8, 4) is 0 Å². The summed E-state index contributed by atoms with van der Waals surface area (Å²) in [6.45, 7) is 1.84. The first-order valence-corrected chi connectivity index (χ1v) is 5.05. The summed E-state index contributed by atoms with van der Waals surface area (Å²) in [4.78, 5) is 15.1. The summed E-state index contributed by atoms with van der Waals surface area (Å²) in [6.07, 6.45) is 0.566. The minimum Gasteiger partial charge on any atom is -0.464 e. The van der Waals surface area contributed by atoms with Crippen LogP contribution >= 0.6 is 22.6 Å². The van der Waals surface area contributed by atoms with Crippen LogP contribution in [0.15, 0.2) is 18.3 Å². The molecule has 2 aromatic rings. The van der Waals surface area contributed by atoms with Gasteiger partial charge in [-0.1, -0.05) is 0 Å². The molecule has 5 heteroatoms. The number of nitrogens with zero attached hydrogens (tertiary/aromatic N) is 2. The van der Waals surface area contributed by atoms with Crippen molar-refractivity contribution < 1.29 is 9.90 Å². The first-order chi connectivity index (χ1) is 6.59. The van der Waals surface area contributed by atoms with E-state index >= 15 is 0 Å². The third-order valence-electron chi connectivity index (χ3n) is 1.95. The van der Waals surface area contributed by atoms with Crippen LogP contribution in [0.4, 0.5) is 4.79 Å². The summed E-state index contributed by atoms with van der Waals surface area (Å²) in [5.41, 5.74) is 1.32. The number of fused-ring (bicyclic) bond motifs is 1. The van der Waals surface area contributed by atoms with E-state index < -0.39 is 6.09 Å². The highest BCUT2D eigenvalue weighted by atomic mass is 127.